The normalized spacial score (nSPS) is 12.4. The van der Waals surface area contributed by atoms with Crippen LogP contribution in [-0.2, 0) is 21.2 Å². The molecule has 0 saturated carbocycles. The number of aliphatic carboxylic acids is 1. The van der Waals surface area contributed by atoms with E-state index in [4.69, 9.17) is 0 Å². The van der Waals surface area contributed by atoms with Crippen LogP contribution in [0.5, 0.6) is 0 Å². The first-order chi connectivity index (χ1) is 16.6. The fourth-order valence-corrected chi connectivity index (χ4v) is 4.71. The van der Waals surface area contributed by atoms with E-state index in [-0.39, 0.29) is 10.8 Å². The molecule has 0 radical (unpaired) electrons. The second-order valence-corrected chi connectivity index (χ2v) is 10.2. The summed E-state index contributed by atoms with van der Waals surface area (Å²) in [5.41, 5.74) is 2.40. The molecule has 0 aliphatic heterocycles. The molecule has 0 saturated heterocycles. The molecule has 0 atom stereocenters. The van der Waals surface area contributed by atoms with E-state index >= 15 is 0 Å². The summed E-state index contributed by atoms with van der Waals surface area (Å²) < 4.78 is 0. The molecule has 0 spiro atoms. The Bertz CT molecular complexity index is 1190. The predicted molar refractivity (Wildman–Crippen MR) is 141 cm³/mol. The number of hydrogen-bond donors (Lipinski definition) is 2. The van der Waals surface area contributed by atoms with Gasteiger partial charge in [0, 0.05) is 10.8 Å². The maximum Gasteiger partial charge on any atom is 0.345 e. The second-order valence-electron chi connectivity index (χ2n) is 10.2. The van der Waals surface area contributed by atoms with Gasteiger partial charge in [-0.25, -0.2) is 4.79 Å². The van der Waals surface area contributed by atoms with Crippen molar-refractivity contribution >= 4 is 5.97 Å². The number of carboxylic acids is 1. The molecule has 4 aromatic carbocycles. The van der Waals surface area contributed by atoms with Gasteiger partial charge in [0.2, 0.25) is 5.60 Å². The summed E-state index contributed by atoms with van der Waals surface area (Å²) in [5, 5.41) is 21.6. The molecule has 0 aliphatic rings. The lowest BCUT2D eigenvalue weighted by atomic mass is 9.76. The van der Waals surface area contributed by atoms with E-state index in [1.54, 1.807) is 24.3 Å². The van der Waals surface area contributed by atoms with Crippen LogP contribution in [0.3, 0.4) is 0 Å². The van der Waals surface area contributed by atoms with Crippen molar-refractivity contribution in [2.45, 2.75) is 44.1 Å². The summed E-state index contributed by atoms with van der Waals surface area (Å²) in [5.74, 6) is -1.30. The second kappa shape index (κ2) is 9.16. The molecule has 0 bridgehead atoms. The van der Waals surface area contributed by atoms with Crippen molar-refractivity contribution in [2.24, 2.45) is 0 Å². The number of carboxylic acid groups (broad SMARTS) is 1. The van der Waals surface area contributed by atoms with Gasteiger partial charge in [-0.2, -0.15) is 0 Å². The maximum absolute atomic E-state index is 12.4. The predicted octanol–water partition coefficient (Wildman–Crippen LogP) is 6.66. The molecule has 0 aromatic heterocycles. The average Bonchev–Trinajstić information content (AvgIpc) is 2.89. The summed E-state index contributed by atoms with van der Waals surface area (Å²) in [6.07, 6.45) is 0. The van der Waals surface area contributed by atoms with Crippen LogP contribution in [0.15, 0.2) is 109 Å². The molecule has 35 heavy (non-hydrogen) atoms. The van der Waals surface area contributed by atoms with Gasteiger partial charge in [0.25, 0.3) is 0 Å². The van der Waals surface area contributed by atoms with Gasteiger partial charge in [-0.3, -0.25) is 0 Å². The Morgan fingerprint density at radius 1 is 0.486 bits per heavy atom. The van der Waals surface area contributed by atoms with E-state index in [0.717, 1.165) is 22.3 Å². The zero-order valence-corrected chi connectivity index (χ0v) is 20.7. The topological polar surface area (TPSA) is 57.5 Å². The number of benzene rings is 4. The highest BCUT2D eigenvalue weighted by molar-refractivity contribution is 5.83. The molecule has 0 unspecified atom stereocenters. The SMILES string of the molecule is CC(C)(c1ccccc1)c1ccc(C(O)(C(=O)O)c2ccc(C(C)(C)c3ccccc3)cc2)cc1. The Hall–Kier alpha value is -3.69. The average molecular weight is 465 g/mol. The number of rotatable bonds is 7. The minimum absolute atomic E-state index is 0.258. The van der Waals surface area contributed by atoms with Crippen LogP contribution in [0, 0.1) is 0 Å². The van der Waals surface area contributed by atoms with Crippen molar-refractivity contribution in [1.29, 1.82) is 0 Å². The highest BCUT2D eigenvalue weighted by Gasteiger charge is 2.40. The number of aliphatic hydroxyl groups is 1. The largest absolute Gasteiger partial charge is 0.479 e. The van der Waals surface area contributed by atoms with E-state index in [1.807, 2.05) is 60.7 Å². The quantitative estimate of drug-likeness (QED) is 0.322. The van der Waals surface area contributed by atoms with Crippen molar-refractivity contribution in [2.75, 3.05) is 0 Å². The Morgan fingerprint density at radius 2 is 0.743 bits per heavy atom. The van der Waals surface area contributed by atoms with Crippen LogP contribution in [0.1, 0.15) is 61.1 Å². The van der Waals surface area contributed by atoms with Gasteiger partial charge in [-0.15, -0.1) is 0 Å². The lowest BCUT2D eigenvalue weighted by molar-refractivity contribution is -0.155. The van der Waals surface area contributed by atoms with E-state index < -0.39 is 11.6 Å². The van der Waals surface area contributed by atoms with Gasteiger partial charge < -0.3 is 10.2 Å². The van der Waals surface area contributed by atoms with Crippen LogP contribution in [0.2, 0.25) is 0 Å². The monoisotopic (exact) mass is 464 g/mol. The third-order valence-corrected chi connectivity index (χ3v) is 7.35. The standard InChI is InChI=1S/C32H32O3/c1-30(2,23-11-7-5-8-12-23)25-15-19-27(20-16-25)32(35,29(33)34)28-21-17-26(18-22-28)31(3,4)24-13-9-6-10-14-24/h5-22,35H,1-4H3,(H,33,34). The Kier molecular flexibility index (Phi) is 6.40. The highest BCUT2D eigenvalue weighted by Crippen LogP contribution is 2.37. The van der Waals surface area contributed by atoms with Crippen LogP contribution >= 0.6 is 0 Å². The van der Waals surface area contributed by atoms with Crippen molar-refractivity contribution in [3.05, 3.63) is 143 Å². The molecule has 0 aliphatic carbocycles. The van der Waals surface area contributed by atoms with Gasteiger partial charge in [-0.1, -0.05) is 137 Å². The van der Waals surface area contributed by atoms with Crippen LogP contribution in [0.4, 0.5) is 0 Å². The molecule has 4 rings (SSSR count). The minimum Gasteiger partial charge on any atom is -0.479 e. The number of hydrogen-bond acceptors (Lipinski definition) is 2. The van der Waals surface area contributed by atoms with E-state index in [0.29, 0.717) is 11.1 Å². The van der Waals surface area contributed by atoms with Crippen molar-refractivity contribution in [3.8, 4) is 0 Å². The third kappa shape index (κ3) is 4.40. The summed E-state index contributed by atoms with van der Waals surface area (Å²) in [7, 11) is 0. The highest BCUT2D eigenvalue weighted by atomic mass is 16.4. The first kappa shape index (κ1) is 24.4. The minimum atomic E-state index is -2.15. The zero-order chi connectivity index (χ0) is 25.3. The van der Waals surface area contributed by atoms with Crippen molar-refractivity contribution in [1.82, 2.24) is 0 Å². The molecule has 3 heteroatoms. The molecule has 4 aromatic rings. The van der Waals surface area contributed by atoms with E-state index in [1.165, 1.54) is 0 Å². The van der Waals surface area contributed by atoms with Crippen LogP contribution in [-0.4, -0.2) is 16.2 Å². The summed E-state index contributed by atoms with van der Waals surface area (Å²) in [6, 6.07) is 34.9. The lowest BCUT2D eigenvalue weighted by Gasteiger charge is -2.30. The Balaban J connectivity index is 1.68. The first-order valence-electron chi connectivity index (χ1n) is 11.9. The molecule has 2 N–H and O–H groups in total. The Morgan fingerprint density at radius 3 is 1.03 bits per heavy atom. The third-order valence-electron chi connectivity index (χ3n) is 7.35. The molecule has 0 fully saturated rings. The van der Waals surface area contributed by atoms with Crippen molar-refractivity contribution < 1.29 is 15.0 Å². The van der Waals surface area contributed by atoms with E-state index in [9.17, 15) is 15.0 Å². The van der Waals surface area contributed by atoms with Gasteiger partial charge in [0.1, 0.15) is 0 Å². The molecular weight excluding hydrogens is 432 g/mol. The van der Waals surface area contributed by atoms with Crippen LogP contribution < -0.4 is 0 Å². The lowest BCUT2D eigenvalue weighted by Crippen LogP contribution is -2.37. The summed E-state index contributed by atoms with van der Waals surface area (Å²) in [6.45, 7) is 8.53. The number of carbonyl (C=O) groups is 1. The molecular formula is C32H32O3. The van der Waals surface area contributed by atoms with Gasteiger partial charge >= 0.3 is 5.97 Å². The van der Waals surface area contributed by atoms with Gasteiger partial charge in [0.15, 0.2) is 0 Å². The van der Waals surface area contributed by atoms with Gasteiger partial charge in [-0.05, 0) is 33.4 Å². The fourth-order valence-electron chi connectivity index (χ4n) is 4.71. The molecule has 3 nitrogen and oxygen atoms in total. The maximum atomic E-state index is 12.4. The zero-order valence-electron chi connectivity index (χ0n) is 20.7. The first-order valence-corrected chi connectivity index (χ1v) is 11.9. The fraction of sp³-hybridized carbons (Fsp3) is 0.219. The molecule has 0 amide bonds. The summed E-state index contributed by atoms with van der Waals surface area (Å²) in [4.78, 5) is 12.4. The summed E-state index contributed by atoms with van der Waals surface area (Å²) >= 11 is 0. The van der Waals surface area contributed by atoms with Crippen molar-refractivity contribution in [3.63, 3.8) is 0 Å². The van der Waals surface area contributed by atoms with Crippen LogP contribution in [0.25, 0.3) is 0 Å². The van der Waals surface area contributed by atoms with Gasteiger partial charge in [0.05, 0.1) is 0 Å². The smallest absolute Gasteiger partial charge is 0.345 e. The Labute approximate surface area is 207 Å². The molecule has 178 valence electrons. The van der Waals surface area contributed by atoms with E-state index in [2.05, 4.69) is 52.0 Å². The molecule has 0 heterocycles.